The predicted molar refractivity (Wildman–Crippen MR) is 182 cm³/mol. The van der Waals surface area contributed by atoms with E-state index in [-0.39, 0.29) is 51.4 Å². The van der Waals surface area contributed by atoms with Crippen LogP contribution in [0.25, 0.3) is 0 Å². The van der Waals surface area contributed by atoms with Gasteiger partial charge in [0.05, 0.1) is 24.2 Å². The van der Waals surface area contributed by atoms with E-state index < -0.39 is 6.10 Å². The maximum Gasteiger partial charge on any atom is 0.188 e. The van der Waals surface area contributed by atoms with Gasteiger partial charge in [-0.2, -0.15) is 0 Å². The summed E-state index contributed by atoms with van der Waals surface area (Å²) in [7, 11) is 6.26. The molecule has 2 heterocycles. The summed E-state index contributed by atoms with van der Waals surface area (Å²) in [4.78, 5) is 12.8. The van der Waals surface area contributed by atoms with E-state index >= 15 is 0 Å². The predicted octanol–water partition coefficient (Wildman–Crippen LogP) is 5.87. The number of aliphatic hydroxyl groups excluding tert-OH is 1. The first-order valence-corrected chi connectivity index (χ1v) is 15.9. The lowest BCUT2D eigenvalue weighted by Crippen LogP contribution is -2.26. The van der Waals surface area contributed by atoms with Crippen LogP contribution in [0.2, 0.25) is 0 Å². The molecule has 0 radical (unpaired) electrons. The Bertz CT molecular complexity index is 1660. The van der Waals surface area contributed by atoms with Crippen molar-refractivity contribution in [2.24, 2.45) is 0 Å². The van der Waals surface area contributed by atoms with E-state index in [9.17, 15) is 9.90 Å². The van der Waals surface area contributed by atoms with Crippen molar-refractivity contribution >= 4 is 5.78 Å². The summed E-state index contributed by atoms with van der Waals surface area (Å²) < 4.78 is 52.7. The maximum absolute atomic E-state index is 12.8. The molecule has 0 fully saturated rings. The second-order valence-corrected chi connectivity index (χ2v) is 11.3. The third-order valence-corrected chi connectivity index (χ3v) is 8.01. The number of ether oxygens (including phenoxy) is 10. The maximum atomic E-state index is 12.8. The van der Waals surface area contributed by atoms with Gasteiger partial charge in [-0.25, -0.2) is 0 Å². The Kier molecular flexibility index (Phi) is 13.3. The summed E-state index contributed by atoms with van der Waals surface area (Å²) in [6, 6.07) is 25.5. The molecule has 0 saturated carbocycles. The number of carbonyl (C=O) groups is 1. The SMILES string of the molecule is COCOc1ccc(C2COc3cc(OCOC)ccc3C2=O)cc1.COCOc1ccc(C2COc3cc(OCOC)ccc3C2O)cc1. The van der Waals surface area contributed by atoms with Crippen molar-refractivity contribution < 1.29 is 57.3 Å². The Labute approximate surface area is 291 Å². The minimum Gasteiger partial charge on any atom is -0.492 e. The Morgan fingerprint density at radius 1 is 0.580 bits per heavy atom. The molecule has 266 valence electrons. The van der Waals surface area contributed by atoms with Crippen LogP contribution in [0.15, 0.2) is 84.9 Å². The number of methoxy groups -OCH3 is 4. The second-order valence-electron chi connectivity index (χ2n) is 11.3. The van der Waals surface area contributed by atoms with Crippen molar-refractivity contribution in [2.75, 3.05) is 68.8 Å². The molecule has 50 heavy (non-hydrogen) atoms. The Hall–Kier alpha value is -4.85. The molecular weight excluding hydrogens is 648 g/mol. The molecule has 0 saturated heterocycles. The molecule has 0 spiro atoms. The van der Waals surface area contributed by atoms with Gasteiger partial charge in [-0.1, -0.05) is 24.3 Å². The van der Waals surface area contributed by atoms with Crippen LogP contribution in [0.1, 0.15) is 45.0 Å². The number of Topliss-reactive ketones (excluding diaryl/α,β-unsaturated/α-hetero) is 1. The van der Waals surface area contributed by atoms with Gasteiger partial charge in [0.15, 0.2) is 33.0 Å². The fourth-order valence-corrected chi connectivity index (χ4v) is 5.45. The van der Waals surface area contributed by atoms with E-state index in [0.717, 1.165) is 22.4 Å². The van der Waals surface area contributed by atoms with Crippen molar-refractivity contribution in [2.45, 2.75) is 17.9 Å². The van der Waals surface area contributed by atoms with E-state index in [1.54, 1.807) is 58.8 Å². The largest absolute Gasteiger partial charge is 0.492 e. The molecule has 1 N–H and O–H groups in total. The van der Waals surface area contributed by atoms with Crippen LogP contribution in [0, 0.1) is 0 Å². The Balaban J connectivity index is 0.000000194. The molecule has 12 nitrogen and oxygen atoms in total. The van der Waals surface area contributed by atoms with Crippen LogP contribution in [-0.2, 0) is 18.9 Å². The number of ketones is 1. The summed E-state index contributed by atoms with van der Waals surface area (Å²) in [5.74, 6) is 3.38. The molecule has 0 aromatic heterocycles. The van der Waals surface area contributed by atoms with E-state index in [1.807, 2.05) is 54.6 Å². The van der Waals surface area contributed by atoms with Gasteiger partial charge in [-0.05, 0) is 59.7 Å². The van der Waals surface area contributed by atoms with Crippen LogP contribution in [0.4, 0.5) is 0 Å². The average molecular weight is 691 g/mol. The molecule has 2 aliphatic heterocycles. The molecule has 4 aromatic carbocycles. The van der Waals surface area contributed by atoms with Crippen molar-refractivity contribution in [1.82, 2.24) is 0 Å². The third-order valence-electron chi connectivity index (χ3n) is 8.01. The number of fused-ring (bicyclic) bond motifs is 2. The van der Waals surface area contributed by atoms with Gasteiger partial charge >= 0.3 is 0 Å². The molecule has 6 rings (SSSR count). The average Bonchev–Trinajstić information content (AvgIpc) is 3.15. The van der Waals surface area contributed by atoms with Crippen molar-refractivity contribution in [3.8, 4) is 34.5 Å². The Morgan fingerprint density at radius 3 is 1.60 bits per heavy atom. The minimum atomic E-state index is -0.647. The number of hydrogen-bond donors (Lipinski definition) is 1. The van der Waals surface area contributed by atoms with Crippen LogP contribution in [0.3, 0.4) is 0 Å². The summed E-state index contributed by atoms with van der Waals surface area (Å²) in [6.07, 6.45) is -0.647. The lowest BCUT2D eigenvalue weighted by atomic mass is 9.87. The van der Waals surface area contributed by atoms with E-state index in [4.69, 9.17) is 47.4 Å². The summed E-state index contributed by atoms with van der Waals surface area (Å²) in [6.45, 7) is 1.38. The molecule has 12 heteroatoms. The van der Waals surface area contributed by atoms with E-state index in [1.165, 1.54) is 0 Å². The molecule has 3 atom stereocenters. The van der Waals surface area contributed by atoms with Crippen molar-refractivity contribution in [3.63, 3.8) is 0 Å². The molecule has 3 unspecified atom stereocenters. The standard InChI is InChI=1S/C19H22O6.C19H20O6/c2*1-21-11-24-14-5-3-13(4-6-14)17-10-23-18-9-15(25-12-22-2)7-8-16(18)19(17)20/h3-9,17,19-20H,10-12H2,1-2H3;3-9,17H,10-12H2,1-2H3. The van der Waals surface area contributed by atoms with Crippen molar-refractivity contribution in [1.29, 1.82) is 0 Å². The zero-order valence-corrected chi connectivity index (χ0v) is 28.5. The fraction of sp³-hybridized carbons (Fsp3) is 0.342. The molecule has 0 aliphatic carbocycles. The smallest absolute Gasteiger partial charge is 0.188 e. The summed E-state index contributed by atoms with van der Waals surface area (Å²) in [5.41, 5.74) is 3.18. The monoisotopic (exact) mass is 690 g/mol. The zero-order valence-electron chi connectivity index (χ0n) is 28.5. The number of rotatable bonds is 14. The third kappa shape index (κ3) is 9.23. The molecule has 0 amide bonds. The van der Waals surface area contributed by atoms with Gasteiger partial charge in [0, 0.05) is 52.1 Å². The quantitative estimate of drug-likeness (QED) is 0.159. The summed E-state index contributed by atoms with van der Waals surface area (Å²) in [5, 5.41) is 10.8. The molecule has 2 aliphatic rings. The number of hydrogen-bond acceptors (Lipinski definition) is 12. The van der Waals surface area contributed by atoms with Gasteiger partial charge in [-0.3, -0.25) is 4.79 Å². The highest BCUT2D eigenvalue weighted by Gasteiger charge is 2.32. The van der Waals surface area contributed by atoms with Gasteiger partial charge in [0.2, 0.25) is 0 Å². The molecule has 0 bridgehead atoms. The minimum absolute atomic E-state index is 0.0325. The number of aliphatic hydroxyl groups is 1. The highest BCUT2D eigenvalue weighted by Crippen LogP contribution is 2.42. The highest BCUT2D eigenvalue weighted by molar-refractivity contribution is 6.04. The second kappa shape index (κ2) is 18.2. The number of benzene rings is 4. The first-order chi connectivity index (χ1) is 24.4. The van der Waals surface area contributed by atoms with Crippen LogP contribution in [0.5, 0.6) is 34.5 Å². The first-order valence-electron chi connectivity index (χ1n) is 15.9. The summed E-state index contributed by atoms with van der Waals surface area (Å²) >= 11 is 0. The van der Waals surface area contributed by atoms with Crippen LogP contribution < -0.4 is 28.4 Å². The topological polar surface area (TPSA) is 130 Å². The molecule has 4 aromatic rings. The Morgan fingerprint density at radius 2 is 1.04 bits per heavy atom. The van der Waals surface area contributed by atoms with E-state index in [0.29, 0.717) is 40.9 Å². The van der Waals surface area contributed by atoms with Gasteiger partial charge in [0.25, 0.3) is 0 Å². The van der Waals surface area contributed by atoms with Crippen molar-refractivity contribution in [3.05, 3.63) is 107 Å². The van der Waals surface area contributed by atoms with Crippen LogP contribution in [-0.4, -0.2) is 79.7 Å². The fourth-order valence-electron chi connectivity index (χ4n) is 5.45. The lowest BCUT2D eigenvalue weighted by molar-refractivity contribution is 0.0499. The van der Waals surface area contributed by atoms with Gasteiger partial charge in [0.1, 0.15) is 41.1 Å². The van der Waals surface area contributed by atoms with Gasteiger partial charge < -0.3 is 52.5 Å². The van der Waals surface area contributed by atoms with Crippen LogP contribution >= 0.6 is 0 Å². The number of carbonyl (C=O) groups excluding carboxylic acids is 1. The normalized spacial score (nSPS) is 17.5. The first kappa shape index (κ1) is 36.4. The van der Waals surface area contributed by atoms with Gasteiger partial charge in [-0.15, -0.1) is 0 Å². The molecular formula is C38H42O12. The van der Waals surface area contributed by atoms with E-state index in [2.05, 4.69) is 0 Å². The highest BCUT2D eigenvalue weighted by atomic mass is 16.7. The zero-order chi connectivity index (χ0) is 35.3. The lowest BCUT2D eigenvalue weighted by Gasteiger charge is -2.31.